The molecule has 0 nitrogen and oxygen atoms in total. The Morgan fingerprint density at radius 2 is 0.800 bits per heavy atom. The van der Waals surface area contributed by atoms with Gasteiger partial charge < -0.3 is 0 Å². The molecule has 0 aromatic rings. The molecule has 0 bridgehead atoms. The fraction of sp³-hybridized carbons (Fsp3) is 0.600. The minimum absolute atomic E-state index is 1.12. The lowest BCUT2D eigenvalue weighted by molar-refractivity contribution is 0.889. The van der Waals surface area contributed by atoms with Gasteiger partial charge in [-0.25, -0.2) is 0 Å². The van der Waals surface area contributed by atoms with Gasteiger partial charge in [-0.2, -0.15) is 0 Å². The number of allylic oxidation sites excluding steroid dienone is 10. The molecule has 0 saturated heterocycles. The van der Waals surface area contributed by atoms with Gasteiger partial charge in [-0.3, -0.25) is 0 Å². The molecule has 0 heteroatoms. The first-order valence-electron chi connectivity index (χ1n) is 12.0. The summed E-state index contributed by atoms with van der Waals surface area (Å²) in [5, 5.41) is 0. The molecule has 0 aliphatic carbocycles. The first kappa shape index (κ1) is 30.6. The Labute approximate surface area is 190 Å². The van der Waals surface area contributed by atoms with E-state index in [4.69, 9.17) is 0 Å². The summed E-state index contributed by atoms with van der Waals surface area (Å²) in [6.07, 6.45) is 20.9. The summed E-state index contributed by atoms with van der Waals surface area (Å²) in [5.74, 6) is 0. The third-order valence-electron chi connectivity index (χ3n) is 5.16. The van der Waals surface area contributed by atoms with Crippen LogP contribution in [-0.4, -0.2) is 0 Å². The molecule has 0 aliphatic rings. The number of hydrogen-bond acceptors (Lipinski definition) is 0. The minimum atomic E-state index is 1.12. The Kier molecular flexibility index (Phi) is 21.1. The highest BCUT2D eigenvalue weighted by Gasteiger charge is 1.92. The summed E-state index contributed by atoms with van der Waals surface area (Å²) in [4.78, 5) is 0. The molecule has 0 amide bonds. The molecule has 0 radical (unpaired) electrons. The van der Waals surface area contributed by atoms with E-state index in [0.717, 1.165) is 38.5 Å². The number of rotatable bonds is 14. The van der Waals surface area contributed by atoms with Crippen LogP contribution in [0.3, 0.4) is 0 Å². The summed E-state index contributed by atoms with van der Waals surface area (Å²) < 4.78 is 0. The van der Waals surface area contributed by atoms with Crippen molar-refractivity contribution in [3.8, 4) is 0 Å². The van der Waals surface area contributed by atoms with Crippen molar-refractivity contribution in [1.29, 1.82) is 0 Å². The molecule has 0 aromatic carbocycles. The van der Waals surface area contributed by atoms with Crippen molar-refractivity contribution in [1.82, 2.24) is 0 Å². The van der Waals surface area contributed by atoms with Crippen LogP contribution in [0.5, 0.6) is 0 Å². The van der Waals surface area contributed by atoms with Crippen LogP contribution >= 0.6 is 0 Å². The zero-order chi connectivity index (χ0) is 23.4. The highest BCUT2D eigenvalue weighted by Crippen LogP contribution is 2.13. The van der Waals surface area contributed by atoms with E-state index < -0.39 is 0 Å². The quantitative estimate of drug-likeness (QED) is 0.249. The summed E-state index contributed by atoms with van der Waals surface area (Å²) >= 11 is 0. The van der Waals surface area contributed by atoms with Gasteiger partial charge >= 0.3 is 0 Å². The van der Waals surface area contributed by atoms with Crippen molar-refractivity contribution in [3.63, 3.8) is 0 Å². The van der Waals surface area contributed by atoms with Gasteiger partial charge in [-0.15, -0.1) is 0 Å². The zero-order valence-electron chi connectivity index (χ0n) is 21.8. The van der Waals surface area contributed by atoms with Crippen LogP contribution in [0.15, 0.2) is 70.9 Å². The van der Waals surface area contributed by atoms with Crippen LogP contribution < -0.4 is 0 Å². The van der Waals surface area contributed by atoms with E-state index in [1.54, 1.807) is 0 Å². The maximum Gasteiger partial charge on any atom is -0.0288 e. The van der Waals surface area contributed by atoms with Gasteiger partial charge in [0.15, 0.2) is 0 Å². The average Bonchev–Trinajstić information content (AvgIpc) is 2.67. The summed E-state index contributed by atoms with van der Waals surface area (Å²) in [5.41, 5.74) is 8.59. The third-order valence-corrected chi connectivity index (χ3v) is 5.16. The van der Waals surface area contributed by atoms with Gasteiger partial charge in [0.2, 0.25) is 0 Å². The Balaban J connectivity index is 0. The van der Waals surface area contributed by atoms with Gasteiger partial charge in [0, 0.05) is 0 Å². The van der Waals surface area contributed by atoms with Crippen molar-refractivity contribution in [2.24, 2.45) is 0 Å². The SMILES string of the molecule is C=C(CC)CC/C=C(\C)CCC=C(C)C.C=C(CC)CC/C=C(\C)CCC=C(C)C. The topological polar surface area (TPSA) is 0 Å². The van der Waals surface area contributed by atoms with Crippen molar-refractivity contribution in [2.45, 2.75) is 120 Å². The van der Waals surface area contributed by atoms with Gasteiger partial charge in [0.25, 0.3) is 0 Å². The number of hydrogen-bond donors (Lipinski definition) is 0. The molecule has 0 N–H and O–H groups in total. The van der Waals surface area contributed by atoms with Gasteiger partial charge in [-0.1, -0.05) is 84.7 Å². The molecule has 0 atom stereocenters. The lowest BCUT2D eigenvalue weighted by Crippen LogP contribution is -1.81. The van der Waals surface area contributed by atoms with Crippen LogP contribution in [0.2, 0.25) is 0 Å². The summed E-state index contributed by atoms with van der Waals surface area (Å²) in [6, 6.07) is 0. The molecule has 0 rings (SSSR count). The Morgan fingerprint density at radius 1 is 0.500 bits per heavy atom. The highest BCUT2D eigenvalue weighted by molar-refractivity contribution is 5.05. The zero-order valence-corrected chi connectivity index (χ0v) is 21.8. The molecule has 0 aliphatic heterocycles. The van der Waals surface area contributed by atoms with E-state index in [0.29, 0.717) is 0 Å². The van der Waals surface area contributed by atoms with Gasteiger partial charge in [-0.05, 0) is 106 Å². The molecule has 0 fully saturated rings. The molecule has 0 spiro atoms. The lowest BCUT2D eigenvalue weighted by atomic mass is 10.1. The van der Waals surface area contributed by atoms with Crippen LogP contribution in [0.25, 0.3) is 0 Å². The predicted octanol–water partition coefficient (Wildman–Crippen LogP) is 10.9. The normalized spacial score (nSPS) is 11.3. The van der Waals surface area contributed by atoms with E-state index >= 15 is 0 Å². The smallest absolute Gasteiger partial charge is 0.0288 e. The van der Waals surface area contributed by atoms with Crippen molar-refractivity contribution < 1.29 is 0 Å². The van der Waals surface area contributed by atoms with E-state index in [-0.39, 0.29) is 0 Å². The maximum absolute atomic E-state index is 4.02. The van der Waals surface area contributed by atoms with E-state index in [1.165, 1.54) is 59.1 Å². The Morgan fingerprint density at radius 3 is 1.07 bits per heavy atom. The predicted molar refractivity (Wildman–Crippen MR) is 142 cm³/mol. The van der Waals surface area contributed by atoms with Crippen LogP contribution in [0.4, 0.5) is 0 Å². The van der Waals surface area contributed by atoms with E-state index in [1.807, 2.05) is 0 Å². The van der Waals surface area contributed by atoms with Crippen LogP contribution in [0.1, 0.15) is 120 Å². The van der Waals surface area contributed by atoms with E-state index in [2.05, 4.69) is 92.9 Å². The van der Waals surface area contributed by atoms with Gasteiger partial charge in [0.1, 0.15) is 0 Å². The highest BCUT2D eigenvalue weighted by atomic mass is 14.0. The first-order valence-corrected chi connectivity index (χ1v) is 12.0. The van der Waals surface area contributed by atoms with E-state index in [9.17, 15) is 0 Å². The molecule has 0 aromatic heterocycles. The summed E-state index contributed by atoms with van der Waals surface area (Å²) in [6.45, 7) is 25.5. The molecule has 0 unspecified atom stereocenters. The first-order chi connectivity index (χ1) is 14.1. The second-order valence-electron chi connectivity index (χ2n) is 9.03. The largest absolute Gasteiger partial charge is 0.0999 e. The second kappa shape index (κ2) is 20.7. The third kappa shape index (κ3) is 24.5. The maximum atomic E-state index is 4.02. The van der Waals surface area contributed by atoms with Crippen molar-refractivity contribution in [3.05, 3.63) is 70.9 Å². The molecular weight excluding hydrogens is 360 g/mol. The Hall–Kier alpha value is -1.56. The molecule has 0 saturated carbocycles. The average molecular weight is 413 g/mol. The minimum Gasteiger partial charge on any atom is -0.0999 e. The molecular formula is C30H52. The fourth-order valence-electron chi connectivity index (χ4n) is 2.78. The fourth-order valence-corrected chi connectivity index (χ4v) is 2.78. The monoisotopic (exact) mass is 412 g/mol. The van der Waals surface area contributed by atoms with Crippen molar-refractivity contribution in [2.75, 3.05) is 0 Å². The lowest BCUT2D eigenvalue weighted by Gasteiger charge is -2.01. The molecule has 0 heterocycles. The Bertz CT molecular complexity index is 528. The summed E-state index contributed by atoms with van der Waals surface area (Å²) in [7, 11) is 0. The van der Waals surface area contributed by atoms with Crippen molar-refractivity contribution >= 4 is 0 Å². The standard InChI is InChI=1S/2C15H26/c2*1-6-14(4)10-8-12-15(5)11-7-9-13(2)3/h2*9,12H,4,6-8,10-11H2,1-3,5H3/b2*15-12+. The molecule has 30 heavy (non-hydrogen) atoms. The van der Waals surface area contributed by atoms with Crippen LogP contribution in [-0.2, 0) is 0 Å². The van der Waals surface area contributed by atoms with Gasteiger partial charge in [0.05, 0.1) is 0 Å². The second-order valence-corrected chi connectivity index (χ2v) is 9.03. The molecule has 172 valence electrons. The van der Waals surface area contributed by atoms with Crippen LogP contribution in [0, 0.1) is 0 Å².